The maximum atomic E-state index is 13.3. The van der Waals surface area contributed by atoms with E-state index in [1.807, 2.05) is 31.2 Å². The first-order valence-electron chi connectivity index (χ1n) is 10.7. The number of halogens is 1. The molecule has 1 fully saturated rings. The molecule has 0 saturated heterocycles. The number of rotatable bonds is 8. The molecule has 2 aromatic carbocycles. The highest BCUT2D eigenvalue weighted by atomic mass is 19.1. The van der Waals surface area contributed by atoms with Gasteiger partial charge in [-0.2, -0.15) is 0 Å². The summed E-state index contributed by atoms with van der Waals surface area (Å²) in [6, 6.07) is 12.9. The number of nitrogens with zero attached hydrogens (tertiary/aromatic N) is 1. The first kappa shape index (κ1) is 21.8. The average Bonchev–Trinajstić information content (AvgIpc) is 3.26. The highest BCUT2D eigenvalue weighted by Crippen LogP contribution is 2.28. The van der Waals surface area contributed by atoms with Crippen molar-refractivity contribution in [1.82, 2.24) is 5.32 Å². The van der Waals surface area contributed by atoms with Crippen molar-refractivity contribution in [2.45, 2.75) is 45.4 Å². The zero-order valence-electron chi connectivity index (χ0n) is 17.5. The van der Waals surface area contributed by atoms with Gasteiger partial charge >= 0.3 is 6.03 Å². The van der Waals surface area contributed by atoms with Crippen molar-refractivity contribution in [1.29, 1.82) is 0 Å². The zero-order valence-corrected chi connectivity index (χ0v) is 17.5. The Labute approximate surface area is 177 Å². The van der Waals surface area contributed by atoms with Crippen molar-refractivity contribution >= 4 is 23.3 Å². The summed E-state index contributed by atoms with van der Waals surface area (Å²) in [6.45, 7) is 2.60. The first-order chi connectivity index (χ1) is 14.5. The van der Waals surface area contributed by atoms with Crippen molar-refractivity contribution in [3.05, 3.63) is 59.9 Å². The lowest BCUT2D eigenvalue weighted by atomic mass is 10.0. The smallest absolute Gasteiger partial charge is 0.326 e. The average molecular weight is 412 g/mol. The van der Waals surface area contributed by atoms with Gasteiger partial charge in [0.2, 0.25) is 5.91 Å². The summed E-state index contributed by atoms with van der Waals surface area (Å²) >= 11 is 0. The van der Waals surface area contributed by atoms with Crippen LogP contribution in [0.15, 0.2) is 48.5 Å². The van der Waals surface area contributed by atoms with Crippen molar-refractivity contribution in [3.63, 3.8) is 0 Å². The Morgan fingerprint density at radius 2 is 1.70 bits per heavy atom. The molecule has 30 heavy (non-hydrogen) atoms. The monoisotopic (exact) mass is 411 g/mol. The summed E-state index contributed by atoms with van der Waals surface area (Å²) in [6.07, 6.45) is 6.46. The normalized spacial score (nSPS) is 13.8. The van der Waals surface area contributed by atoms with Crippen LogP contribution in [-0.2, 0) is 4.79 Å². The van der Waals surface area contributed by atoms with E-state index >= 15 is 0 Å². The van der Waals surface area contributed by atoms with Gasteiger partial charge in [0.25, 0.3) is 0 Å². The molecule has 3 rings (SSSR count). The van der Waals surface area contributed by atoms with Crippen molar-refractivity contribution < 1.29 is 14.0 Å². The minimum absolute atomic E-state index is 0.0138. The third-order valence-electron chi connectivity index (χ3n) is 5.60. The van der Waals surface area contributed by atoms with Crippen LogP contribution in [0.5, 0.6) is 0 Å². The number of urea groups is 1. The molecule has 2 N–H and O–H groups in total. The van der Waals surface area contributed by atoms with Crippen molar-refractivity contribution in [2.24, 2.45) is 5.92 Å². The number of hydrogen-bond acceptors (Lipinski definition) is 2. The molecule has 0 bridgehead atoms. The molecule has 1 saturated carbocycles. The standard InChI is InChI=1S/C24H30FN3O2/c1-18-6-11-21(12-7-18)27-24(30)28(22-13-9-20(25)10-14-22)17-16-26-23(29)15-8-19-4-2-3-5-19/h6-7,9-14,19H,2-5,8,15-17H2,1H3,(H,26,29)(H,27,30). The molecule has 0 aromatic heterocycles. The van der Waals surface area contributed by atoms with Gasteiger partial charge in [-0.3, -0.25) is 9.69 Å². The number of anilines is 2. The van der Waals surface area contributed by atoms with Crippen LogP contribution >= 0.6 is 0 Å². The number of amides is 3. The van der Waals surface area contributed by atoms with E-state index in [9.17, 15) is 14.0 Å². The fourth-order valence-corrected chi connectivity index (χ4v) is 3.83. The van der Waals surface area contributed by atoms with Crippen LogP contribution in [0, 0.1) is 18.7 Å². The Morgan fingerprint density at radius 1 is 1.03 bits per heavy atom. The molecule has 5 nitrogen and oxygen atoms in total. The SMILES string of the molecule is Cc1ccc(NC(=O)N(CCNC(=O)CCC2CCCC2)c2ccc(F)cc2)cc1. The molecule has 2 aromatic rings. The van der Waals surface area contributed by atoms with Crippen LogP contribution in [0.25, 0.3) is 0 Å². The molecule has 160 valence electrons. The second kappa shape index (κ2) is 10.8. The van der Waals surface area contributed by atoms with Gasteiger partial charge in [0, 0.05) is 30.9 Å². The summed E-state index contributed by atoms with van der Waals surface area (Å²) in [5.41, 5.74) is 2.35. The summed E-state index contributed by atoms with van der Waals surface area (Å²) in [5.74, 6) is 0.324. The molecule has 0 heterocycles. The number of benzene rings is 2. The number of carbonyl (C=O) groups is 2. The molecule has 3 amide bonds. The van der Waals surface area contributed by atoms with E-state index in [2.05, 4.69) is 10.6 Å². The van der Waals surface area contributed by atoms with Crippen LogP contribution in [0.1, 0.15) is 44.1 Å². The predicted molar refractivity (Wildman–Crippen MR) is 118 cm³/mol. The van der Waals surface area contributed by atoms with E-state index in [-0.39, 0.29) is 17.8 Å². The molecule has 1 aliphatic carbocycles. The lowest BCUT2D eigenvalue weighted by Crippen LogP contribution is -2.41. The van der Waals surface area contributed by atoms with Gasteiger partial charge in [0.15, 0.2) is 0 Å². The van der Waals surface area contributed by atoms with Gasteiger partial charge < -0.3 is 10.6 Å². The molecule has 0 radical (unpaired) electrons. The van der Waals surface area contributed by atoms with Gasteiger partial charge in [0.1, 0.15) is 5.82 Å². The highest BCUT2D eigenvalue weighted by molar-refractivity contribution is 6.01. The number of carbonyl (C=O) groups excluding carboxylic acids is 2. The lowest BCUT2D eigenvalue weighted by molar-refractivity contribution is -0.121. The van der Waals surface area contributed by atoms with Crippen LogP contribution < -0.4 is 15.5 Å². The zero-order chi connectivity index (χ0) is 21.3. The Bertz CT molecular complexity index is 831. The molecule has 6 heteroatoms. The van der Waals surface area contributed by atoms with Gasteiger partial charge in [-0.15, -0.1) is 0 Å². The van der Waals surface area contributed by atoms with E-state index in [1.54, 1.807) is 12.1 Å². The molecular weight excluding hydrogens is 381 g/mol. The molecular formula is C24H30FN3O2. The van der Waals surface area contributed by atoms with Gasteiger partial charge in [-0.25, -0.2) is 9.18 Å². The van der Waals surface area contributed by atoms with Crippen LogP contribution in [0.4, 0.5) is 20.6 Å². The predicted octanol–water partition coefficient (Wildman–Crippen LogP) is 5.26. The van der Waals surface area contributed by atoms with Crippen molar-refractivity contribution in [2.75, 3.05) is 23.3 Å². The second-order valence-electron chi connectivity index (χ2n) is 7.96. The maximum Gasteiger partial charge on any atom is 0.326 e. The summed E-state index contributed by atoms with van der Waals surface area (Å²) in [7, 11) is 0. The van der Waals surface area contributed by atoms with E-state index in [1.165, 1.54) is 42.7 Å². The summed E-state index contributed by atoms with van der Waals surface area (Å²) < 4.78 is 13.3. The lowest BCUT2D eigenvalue weighted by Gasteiger charge is -2.23. The fourth-order valence-electron chi connectivity index (χ4n) is 3.83. The van der Waals surface area contributed by atoms with Gasteiger partial charge in [-0.1, -0.05) is 43.4 Å². The summed E-state index contributed by atoms with van der Waals surface area (Å²) in [4.78, 5) is 26.6. The van der Waals surface area contributed by atoms with E-state index in [0.717, 1.165) is 12.0 Å². The molecule has 1 aliphatic rings. The van der Waals surface area contributed by atoms with Gasteiger partial charge in [-0.05, 0) is 55.7 Å². The minimum Gasteiger partial charge on any atom is -0.354 e. The second-order valence-corrected chi connectivity index (χ2v) is 7.96. The van der Waals surface area contributed by atoms with Crippen LogP contribution in [0.2, 0.25) is 0 Å². The first-order valence-corrected chi connectivity index (χ1v) is 10.7. The van der Waals surface area contributed by atoms with Crippen molar-refractivity contribution in [3.8, 4) is 0 Å². The molecule has 0 spiro atoms. The number of aryl methyl sites for hydroxylation is 1. The maximum absolute atomic E-state index is 13.3. The van der Waals surface area contributed by atoms with E-state index in [4.69, 9.17) is 0 Å². The largest absolute Gasteiger partial charge is 0.354 e. The third-order valence-corrected chi connectivity index (χ3v) is 5.60. The van der Waals surface area contributed by atoms with Gasteiger partial charge in [0.05, 0.1) is 0 Å². The Hall–Kier alpha value is -2.89. The number of nitrogens with one attached hydrogen (secondary N) is 2. The van der Waals surface area contributed by atoms with Crippen LogP contribution in [-0.4, -0.2) is 25.0 Å². The topological polar surface area (TPSA) is 61.4 Å². The Balaban J connectivity index is 1.56. The van der Waals surface area contributed by atoms with E-state index in [0.29, 0.717) is 36.8 Å². The number of hydrogen-bond donors (Lipinski definition) is 2. The Morgan fingerprint density at radius 3 is 2.37 bits per heavy atom. The van der Waals surface area contributed by atoms with E-state index < -0.39 is 0 Å². The molecule has 0 aliphatic heterocycles. The fraction of sp³-hybridized carbons (Fsp3) is 0.417. The third kappa shape index (κ3) is 6.58. The molecule has 0 atom stereocenters. The van der Waals surface area contributed by atoms with Crippen LogP contribution in [0.3, 0.4) is 0 Å². The quantitative estimate of drug-likeness (QED) is 0.622. The highest BCUT2D eigenvalue weighted by Gasteiger charge is 2.18. The molecule has 0 unspecified atom stereocenters. The minimum atomic E-state index is -0.363. The summed E-state index contributed by atoms with van der Waals surface area (Å²) in [5, 5.41) is 5.77. The Kier molecular flexibility index (Phi) is 7.82.